The molecule has 0 unspecified atom stereocenters. The van der Waals surface area contributed by atoms with Crippen LogP contribution in [0.5, 0.6) is 0 Å². The zero-order valence-electron chi connectivity index (χ0n) is 29.3. The standard InChI is InChI=1S/C38H75O4P/c1-4-7-9-11-13-15-17-19-21-23-25-27-29-31-33-35-37-41-43(39,40-6-3)42-38-36-34-32-30-28-26-24-22-20-18-16-14-12-10-8-5-2/h19-22H,4-18,23-38H2,1-3H3/b21-19-,22-20-. The molecule has 0 rings (SSSR count). The molecular formula is C38H75O4P. The van der Waals surface area contributed by atoms with Crippen LogP contribution in [0, 0.1) is 0 Å². The van der Waals surface area contributed by atoms with Crippen molar-refractivity contribution in [3.63, 3.8) is 0 Å². The summed E-state index contributed by atoms with van der Waals surface area (Å²) in [6.07, 6.45) is 45.1. The zero-order valence-corrected chi connectivity index (χ0v) is 30.2. The summed E-state index contributed by atoms with van der Waals surface area (Å²) >= 11 is 0. The molecule has 43 heavy (non-hydrogen) atoms. The van der Waals surface area contributed by atoms with Crippen molar-refractivity contribution < 1.29 is 18.1 Å². The molecule has 5 heteroatoms. The van der Waals surface area contributed by atoms with E-state index in [4.69, 9.17) is 13.6 Å². The van der Waals surface area contributed by atoms with Gasteiger partial charge in [-0.25, -0.2) is 4.57 Å². The average molecular weight is 627 g/mol. The smallest absolute Gasteiger partial charge is 0.287 e. The molecule has 0 N–H and O–H groups in total. The minimum Gasteiger partial charge on any atom is -0.287 e. The van der Waals surface area contributed by atoms with Gasteiger partial charge in [-0.1, -0.05) is 154 Å². The molecule has 0 radical (unpaired) electrons. The van der Waals surface area contributed by atoms with Gasteiger partial charge in [0.15, 0.2) is 0 Å². The molecule has 0 fully saturated rings. The third-order valence-corrected chi connectivity index (χ3v) is 9.67. The minimum atomic E-state index is -3.41. The van der Waals surface area contributed by atoms with Crippen LogP contribution in [0.25, 0.3) is 0 Å². The Morgan fingerprint density at radius 3 is 0.953 bits per heavy atom. The van der Waals surface area contributed by atoms with Crippen molar-refractivity contribution in [2.24, 2.45) is 0 Å². The van der Waals surface area contributed by atoms with E-state index in [1.807, 2.05) is 6.92 Å². The molecule has 0 atom stereocenters. The van der Waals surface area contributed by atoms with Gasteiger partial charge in [0.05, 0.1) is 19.8 Å². The van der Waals surface area contributed by atoms with Crippen molar-refractivity contribution in [2.75, 3.05) is 19.8 Å². The van der Waals surface area contributed by atoms with Crippen LogP contribution in [0.15, 0.2) is 24.3 Å². The second-order valence-electron chi connectivity index (χ2n) is 12.4. The first-order chi connectivity index (χ1) is 21.2. The fourth-order valence-electron chi connectivity index (χ4n) is 5.32. The van der Waals surface area contributed by atoms with E-state index < -0.39 is 7.82 Å². The van der Waals surface area contributed by atoms with Gasteiger partial charge in [0.25, 0.3) is 0 Å². The van der Waals surface area contributed by atoms with Gasteiger partial charge in [-0.05, 0) is 71.1 Å². The molecule has 0 saturated carbocycles. The second kappa shape index (κ2) is 36.1. The maximum Gasteiger partial charge on any atom is 0.474 e. The molecule has 0 aromatic rings. The van der Waals surface area contributed by atoms with Crippen LogP contribution >= 0.6 is 7.82 Å². The highest BCUT2D eigenvalue weighted by Crippen LogP contribution is 2.49. The number of hydrogen-bond acceptors (Lipinski definition) is 4. The lowest BCUT2D eigenvalue weighted by atomic mass is 10.1. The number of allylic oxidation sites excluding steroid dienone is 4. The maximum absolute atomic E-state index is 12.9. The Balaban J connectivity index is 3.57. The first-order valence-electron chi connectivity index (χ1n) is 19.0. The van der Waals surface area contributed by atoms with Gasteiger partial charge in [-0.3, -0.25) is 13.6 Å². The predicted octanol–water partition coefficient (Wildman–Crippen LogP) is 14.2. The van der Waals surface area contributed by atoms with E-state index in [0.29, 0.717) is 19.8 Å². The number of rotatable bonds is 36. The lowest BCUT2D eigenvalue weighted by molar-refractivity contribution is 0.114. The monoisotopic (exact) mass is 627 g/mol. The molecule has 0 amide bonds. The summed E-state index contributed by atoms with van der Waals surface area (Å²) < 4.78 is 29.5. The highest BCUT2D eigenvalue weighted by atomic mass is 31.2. The quantitative estimate of drug-likeness (QED) is 0.0394. The summed E-state index contributed by atoms with van der Waals surface area (Å²) in [4.78, 5) is 0. The van der Waals surface area contributed by atoms with Crippen LogP contribution in [-0.2, 0) is 18.1 Å². The Hall–Kier alpha value is -0.410. The predicted molar refractivity (Wildman–Crippen MR) is 190 cm³/mol. The van der Waals surface area contributed by atoms with Crippen LogP contribution in [0.1, 0.15) is 201 Å². The first-order valence-corrected chi connectivity index (χ1v) is 20.5. The summed E-state index contributed by atoms with van der Waals surface area (Å²) in [5.41, 5.74) is 0. The van der Waals surface area contributed by atoms with Crippen molar-refractivity contribution in [1.82, 2.24) is 0 Å². The van der Waals surface area contributed by atoms with Crippen LogP contribution in [0.4, 0.5) is 0 Å². The molecule has 4 nitrogen and oxygen atoms in total. The summed E-state index contributed by atoms with van der Waals surface area (Å²) in [6, 6.07) is 0. The van der Waals surface area contributed by atoms with Crippen molar-refractivity contribution in [3.05, 3.63) is 24.3 Å². The maximum atomic E-state index is 12.9. The molecule has 0 aliphatic rings. The van der Waals surface area contributed by atoms with Gasteiger partial charge in [0, 0.05) is 0 Å². The first kappa shape index (κ1) is 42.6. The molecule has 256 valence electrons. The van der Waals surface area contributed by atoms with E-state index in [0.717, 1.165) is 25.7 Å². The average Bonchev–Trinajstić information content (AvgIpc) is 3.00. The second-order valence-corrected chi connectivity index (χ2v) is 14.1. The minimum absolute atomic E-state index is 0.345. The number of phosphoric acid groups is 1. The topological polar surface area (TPSA) is 44.8 Å². The lowest BCUT2D eigenvalue weighted by Gasteiger charge is -2.17. The number of hydrogen-bond donors (Lipinski definition) is 0. The van der Waals surface area contributed by atoms with Crippen molar-refractivity contribution in [3.8, 4) is 0 Å². The zero-order chi connectivity index (χ0) is 31.4. The molecule has 0 aromatic heterocycles. The van der Waals surface area contributed by atoms with Crippen LogP contribution in [0.2, 0.25) is 0 Å². The third kappa shape index (κ3) is 34.3. The number of phosphoric ester groups is 1. The van der Waals surface area contributed by atoms with Gasteiger partial charge in [0.2, 0.25) is 0 Å². The van der Waals surface area contributed by atoms with Gasteiger partial charge >= 0.3 is 7.82 Å². The van der Waals surface area contributed by atoms with E-state index in [1.54, 1.807) is 0 Å². The third-order valence-electron chi connectivity index (χ3n) is 8.10. The molecule has 0 aliphatic heterocycles. The summed E-state index contributed by atoms with van der Waals surface area (Å²) in [5, 5.41) is 0. The summed E-state index contributed by atoms with van der Waals surface area (Å²) in [6.45, 7) is 7.64. The van der Waals surface area contributed by atoms with Crippen LogP contribution < -0.4 is 0 Å². The number of unbranched alkanes of at least 4 members (excludes halogenated alkanes) is 24. The Morgan fingerprint density at radius 2 is 0.651 bits per heavy atom. The fourth-order valence-corrected chi connectivity index (χ4v) is 6.57. The molecule has 0 saturated heterocycles. The van der Waals surface area contributed by atoms with E-state index in [-0.39, 0.29) is 0 Å². The molecule has 0 heterocycles. The van der Waals surface area contributed by atoms with E-state index in [9.17, 15) is 4.57 Å². The van der Waals surface area contributed by atoms with Crippen molar-refractivity contribution in [2.45, 2.75) is 201 Å². The van der Waals surface area contributed by atoms with Crippen molar-refractivity contribution in [1.29, 1.82) is 0 Å². The Labute approximate surface area is 270 Å². The normalized spacial score (nSPS) is 12.3. The SMILES string of the molecule is CCCCCCCC/C=C\CCCCCCCCOP(=O)(OCC)OCCCCCCCC/C=C\CCCCCCCC. The van der Waals surface area contributed by atoms with Crippen LogP contribution in [-0.4, -0.2) is 19.8 Å². The Kier molecular flexibility index (Phi) is 35.7. The van der Waals surface area contributed by atoms with Gasteiger partial charge in [-0.15, -0.1) is 0 Å². The van der Waals surface area contributed by atoms with Gasteiger partial charge in [0.1, 0.15) is 0 Å². The fraction of sp³-hybridized carbons (Fsp3) is 0.895. The lowest BCUT2D eigenvalue weighted by Crippen LogP contribution is -2.03. The molecular weight excluding hydrogens is 551 g/mol. The van der Waals surface area contributed by atoms with Crippen molar-refractivity contribution >= 4 is 7.82 Å². The summed E-state index contributed by atoms with van der Waals surface area (Å²) in [5.74, 6) is 0. The van der Waals surface area contributed by atoms with E-state index in [1.165, 1.54) is 154 Å². The Bertz CT molecular complexity index is 585. The largest absolute Gasteiger partial charge is 0.474 e. The highest BCUT2D eigenvalue weighted by molar-refractivity contribution is 7.48. The Morgan fingerprint density at radius 1 is 0.372 bits per heavy atom. The molecule has 0 aromatic carbocycles. The summed E-state index contributed by atoms with van der Waals surface area (Å²) in [7, 11) is -3.41. The molecule has 0 aliphatic carbocycles. The van der Waals surface area contributed by atoms with Gasteiger partial charge in [-0.2, -0.15) is 0 Å². The molecule has 0 bridgehead atoms. The van der Waals surface area contributed by atoms with Crippen LogP contribution in [0.3, 0.4) is 0 Å². The van der Waals surface area contributed by atoms with Gasteiger partial charge < -0.3 is 0 Å². The highest BCUT2D eigenvalue weighted by Gasteiger charge is 2.25. The molecule has 0 spiro atoms. The van der Waals surface area contributed by atoms with E-state index >= 15 is 0 Å². The van der Waals surface area contributed by atoms with E-state index in [2.05, 4.69) is 38.2 Å².